The highest BCUT2D eigenvalue weighted by Crippen LogP contribution is 2.33. The molecule has 3 N–H and O–H groups in total. The van der Waals surface area contributed by atoms with Crippen LogP contribution in [0, 0.1) is 19.8 Å². The zero-order chi connectivity index (χ0) is 21.1. The number of aryl methyl sites for hydroxylation is 2. The summed E-state index contributed by atoms with van der Waals surface area (Å²) in [5, 5.41) is 3.28. The Balaban J connectivity index is 1.69. The Labute approximate surface area is 175 Å². The maximum atomic E-state index is 12.8. The first-order chi connectivity index (χ1) is 13.8. The summed E-state index contributed by atoms with van der Waals surface area (Å²) in [5.41, 5.74) is 8.67. The van der Waals surface area contributed by atoms with Crippen LogP contribution in [0.25, 0.3) is 0 Å². The molecule has 2 heterocycles. The van der Waals surface area contributed by atoms with Crippen molar-refractivity contribution in [2.45, 2.75) is 46.5 Å². The number of carbonyl (C=O) groups is 3. The van der Waals surface area contributed by atoms with Crippen LogP contribution >= 0.6 is 11.3 Å². The summed E-state index contributed by atoms with van der Waals surface area (Å²) in [6.07, 6.45) is 3.46. The molecule has 3 amide bonds. The number of nitrogens with zero attached hydrogens (tertiary/aromatic N) is 1. The quantitative estimate of drug-likeness (QED) is 0.723. The topological polar surface area (TPSA) is 92.5 Å². The second-order valence-corrected chi connectivity index (χ2v) is 8.74. The third kappa shape index (κ3) is 4.50. The van der Waals surface area contributed by atoms with Crippen LogP contribution in [-0.4, -0.2) is 24.3 Å². The predicted molar refractivity (Wildman–Crippen MR) is 116 cm³/mol. The van der Waals surface area contributed by atoms with Crippen molar-refractivity contribution in [3.63, 3.8) is 0 Å². The lowest BCUT2D eigenvalue weighted by Gasteiger charge is -2.17. The molecule has 1 unspecified atom stereocenters. The fourth-order valence-corrected chi connectivity index (χ4v) is 4.65. The summed E-state index contributed by atoms with van der Waals surface area (Å²) in [6.45, 7) is 6.18. The molecular formula is C22H27N3O3S. The van der Waals surface area contributed by atoms with Crippen molar-refractivity contribution in [3.05, 3.63) is 45.8 Å². The number of anilines is 2. The van der Waals surface area contributed by atoms with Crippen molar-refractivity contribution in [1.29, 1.82) is 0 Å². The van der Waals surface area contributed by atoms with Gasteiger partial charge in [0.25, 0.3) is 5.91 Å². The number of primary amides is 1. The van der Waals surface area contributed by atoms with Gasteiger partial charge in [-0.15, -0.1) is 11.3 Å². The van der Waals surface area contributed by atoms with Crippen molar-refractivity contribution in [2.75, 3.05) is 16.8 Å². The van der Waals surface area contributed by atoms with Crippen molar-refractivity contribution in [2.24, 2.45) is 11.7 Å². The van der Waals surface area contributed by atoms with Gasteiger partial charge in [0, 0.05) is 23.5 Å². The molecule has 1 aromatic carbocycles. The van der Waals surface area contributed by atoms with Gasteiger partial charge >= 0.3 is 0 Å². The second-order valence-electron chi connectivity index (χ2n) is 7.52. The molecule has 1 aliphatic rings. The van der Waals surface area contributed by atoms with Crippen LogP contribution in [0.15, 0.2) is 24.3 Å². The number of nitrogens with two attached hydrogens (primary N) is 1. The van der Waals surface area contributed by atoms with E-state index in [4.69, 9.17) is 5.73 Å². The first-order valence-corrected chi connectivity index (χ1v) is 10.7. The first-order valence-electron chi connectivity index (χ1n) is 9.91. The number of benzene rings is 1. The summed E-state index contributed by atoms with van der Waals surface area (Å²) in [5.74, 6) is -1.36. The molecule has 0 saturated carbocycles. The summed E-state index contributed by atoms with van der Waals surface area (Å²) in [7, 11) is 0. The van der Waals surface area contributed by atoms with Gasteiger partial charge in [0.15, 0.2) is 0 Å². The molecule has 0 bridgehead atoms. The summed E-state index contributed by atoms with van der Waals surface area (Å²) in [6, 6.07) is 7.98. The van der Waals surface area contributed by atoms with Crippen molar-refractivity contribution in [3.8, 4) is 0 Å². The third-order valence-electron chi connectivity index (χ3n) is 5.43. The van der Waals surface area contributed by atoms with Gasteiger partial charge in [-0.05, 0) is 49.9 Å². The van der Waals surface area contributed by atoms with E-state index in [-0.39, 0.29) is 18.2 Å². The standard InChI is InChI=1S/C22H27N3O3S/c1-4-5-6-15-7-9-17(10-8-15)25-12-16(11-18(25)26)21(28)24-22-19(20(23)27)13(2)14(3)29-22/h7-10,16H,4-6,11-12H2,1-3H3,(H2,23,27)(H,24,28). The minimum Gasteiger partial charge on any atom is -0.365 e. The van der Waals surface area contributed by atoms with Gasteiger partial charge in [0.05, 0.1) is 11.5 Å². The van der Waals surface area contributed by atoms with Gasteiger partial charge in [-0.3, -0.25) is 14.4 Å². The Bertz CT molecular complexity index is 934. The number of amides is 3. The van der Waals surface area contributed by atoms with Crippen LogP contribution in [-0.2, 0) is 16.0 Å². The SMILES string of the molecule is CCCCc1ccc(N2CC(C(=O)Nc3sc(C)c(C)c3C(N)=O)CC2=O)cc1. The molecule has 1 aliphatic heterocycles. The van der Waals surface area contributed by atoms with E-state index in [1.165, 1.54) is 16.9 Å². The minimum absolute atomic E-state index is 0.0693. The molecular weight excluding hydrogens is 386 g/mol. The largest absolute Gasteiger partial charge is 0.365 e. The van der Waals surface area contributed by atoms with E-state index in [0.29, 0.717) is 17.1 Å². The first kappa shape index (κ1) is 21.0. The highest BCUT2D eigenvalue weighted by atomic mass is 32.1. The molecule has 1 atom stereocenters. The third-order valence-corrected chi connectivity index (χ3v) is 6.55. The normalized spacial score (nSPS) is 16.3. The smallest absolute Gasteiger partial charge is 0.251 e. The highest BCUT2D eigenvalue weighted by molar-refractivity contribution is 7.16. The molecule has 2 aromatic rings. The van der Waals surface area contributed by atoms with Gasteiger partial charge in [-0.25, -0.2) is 0 Å². The Morgan fingerprint density at radius 3 is 2.55 bits per heavy atom. The highest BCUT2D eigenvalue weighted by Gasteiger charge is 2.35. The average Bonchev–Trinajstić information content (AvgIpc) is 3.20. The van der Waals surface area contributed by atoms with E-state index in [0.717, 1.165) is 35.4 Å². The number of thiophene rings is 1. The Morgan fingerprint density at radius 2 is 1.93 bits per heavy atom. The van der Waals surface area contributed by atoms with Crippen LogP contribution in [0.5, 0.6) is 0 Å². The average molecular weight is 414 g/mol. The lowest BCUT2D eigenvalue weighted by Crippen LogP contribution is -2.28. The van der Waals surface area contributed by atoms with Crippen LogP contribution < -0.4 is 16.0 Å². The Kier molecular flexibility index (Phi) is 6.37. The van der Waals surface area contributed by atoms with Crippen molar-refractivity contribution < 1.29 is 14.4 Å². The molecule has 154 valence electrons. The minimum atomic E-state index is -0.561. The number of nitrogens with one attached hydrogen (secondary N) is 1. The zero-order valence-electron chi connectivity index (χ0n) is 17.1. The molecule has 7 heteroatoms. The molecule has 0 aliphatic carbocycles. The molecule has 1 aromatic heterocycles. The molecule has 3 rings (SSSR count). The predicted octanol–water partition coefficient (Wildman–Crippen LogP) is 3.80. The van der Waals surface area contributed by atoms with Crippen molar-refractivity contribution in [1.82, 2.24) is 0 Å². The molecule has 1 saturated heterocycles. The van der Waals surface area contributed by atoms with Crippen LogP contribution in [0.4, 0.5) is 10.7 Å². The summed E-state index contributed by atoms with van der Waals surface area (Å²) in [4.78, 5) is 39.6. The lowest BCUT2D eigenvalue weighted by molar-refractivity contribution is -0.122. The number of hydrogen-bond acceptors (Lipinski definition) is 4. The van der Waals surface area contributed by atoms with E-state index in [1.807, 2.05) is 38.1 Å². The van der Waals surface area contributed by atoms with Crippen LogP contribution in [0.3, 0.4) is 0 Å². The summed E-state index contributed by atoms with van der Waals surface area (Å²) < 4.78 is 0. The van der Waals surface area contributed by atoms with Crippen LogP contribution in [0.2, 0.25) is 0 Å². The zero-order valence-corrected chi connectivity index (χ0v) is 17.9. The van der Waals surface area contributed by atoms with Gasteiger partial charge in [-0.2, -0.15) is 0 Å². The van der Waals surface area contributed by atoms with E-state index < -0.39 is 11.8 Å². The van der Waals surface area contributed by atoms with Gasteiger partial charge in [0.2, 0.25) is 11.8 Å². The molecule has 0 spiro atoms. The van der Waals surface area contributed by atoms with Crippen LogP contribution in [0.1, 0.15) is 52.5 Å². The number of carbonyl (C=O) groups excluding carboxylic acids is 3. The monoisotopic (exact) mass is 413 g/mol. The fourth-order valence-electron chi connectivity index (χ4n) is 3.58. The van der Waals surface area contributed by atoms with Gasteiger partial charge in [0.1, 0.15) is 5.00 Å². The maximum Gasteiger partial charge on any atom is 0.251 e. The van der Waals surface area contributed by atoms with E-state index >= 15 is 0 Å². The Hall–Kier alpha value is -2.67. The lowest BCUT2D eigenvalue weighted by atomic mass is 10.1. The van der Waals surface area contributed by atoms with Gasteiger partial charge < -0.3 is 16.0 Å². The molecule has 29 heavy (non-hydrogen) atoms. The number of rotatable bonds is 7. The van der Waals surface area contributed by atoms with Gasteiger partial charge in [-0.1, -0.05) is 25.5 Å². The molecule has 0 radical (unpaired) electrons. The second kappa shape index (κ2) is 8.78. The molecule has 6 nitrogen and oxygen atoms in total. The van der Waals surface area contributed by atoms with E-state index in [9.17, 15) is 14.4 Å². The number of hydrogen-bond donors (Lipinski definition) is 2. The summed E-state index contributed by atoms with van der Waals surface area (Å²) >= 11 is 1.33. The van der Waals surface area contributed by atoms with E-state index in [2.05, 4.69) is 12.2 Å². The fraction of sp³-hybridized carbons (Fsp3) is 0.409. The molecule has 1 fully saturated rings. The van der Waals surface area contributed by atoms with Crippen molar-refractivity contribution >= 4 is 39.7 Å². The Morgan fingerprint density at radius 1 is 1.24 bits per heavy atom. The van der Waals surface area contributed by atoms with E-state index in [1.54, 1.807) is 4.90 Å². The maximum absolute atomic E-state index is 12.8. The number of unbranched alkanes of at least 4 members (excludes halogenated alkanes) is 1.